The monoisotopic (exact) mass is 246 g/mol. The zero-order chi connectivity index (χ0) is 12.4. The van der Waals surface area contributed by atoms with Crippen LogP contribution in [0.25, 0.3) is 0 Å². The van der Waals surface area contributed by atoms with Crippen LogP contribution in [-0.4, -0.2) is 24.2 Å². The van der Waals surface area contributed by atoms with E-state index in [2.05, 4.69) is 14.9 Å². The molecule has 0 saturated heterocycles. The van der Waals surface area contributed by atoms with Gasteiger partial charge in [-0.25, -0.2) is 13.1 Å². The van der Waals surface area contributed by atoms with Crippen molar-refractivity contribution in [3.63, 3.8) is 0 Å². The molecule has 0 atom stereocenters. The molecule has 1 aromatic rings. The number of H-pyrrole nitrogens is 1. The second-order valence-electron chi connectivity index (χ2n) is 4.02. The largest absolute Gasteiger partial charge is 0.383 e. The van der Waals surface area contributed by atoms with Gasteiger partial charge in [0, 0.05) is 5.54 Å². The Morgan fingerprint density at radius 1 is 1.50 bits per heavy atom. The first kappa shape index (κ1) is 13.0. The number of hydrogen-bond acceptors (Lipinski definition) is 4. The number of nitrogens with one attached hydrogen (secondary N) is 2. The standard InChI is InChI=1S/C9H18N4O2S/c1-4-9(3,5-2)13-16(14,15)7-6-11-12-8(7)10/h6,13H,4-5H2,1-3H3,(H3,10,11,12). The van der Waals surface area contributed by atoms with Gasteiger partial charge >= 0.3 is 0 Å². The number of anilines is 1. The third-order valence-corrected chi connectivity index (χ3v) is 4.53. The van der Waals surface area contributed by atoms with E-state index in [-0.39, 0.29) is 10.7 Å². The van der Waals surface area contributed by atoms with Crippen LogP contribution in [0.15, 0.2) is 11.1 Å². The van der Waals surface area contributed by atoms with Crippen LogP contribution in [-0.2, 0) is 10.0 Å². The van der Waals surface area contributed by atoms with Crippen molar-refractivity contribution in [2.45, 2.75) is 44.0 Å². The summed E-state index contributed by atoms with van der Waals surface area (Å²) >= 11 is 0. The fraction of sp³-hybridized carbons (Fsp3) is 0.667. The third-order valence-electron chi connectivity index (χ3n) is 2.86. The maximum Gasteiger partial charge on any atom is 0.246 e. The zero-order valence-corrected chi connectivity index (χ0v) is 10.6. The Morgan fingerprint density at radius 3 is 2.44 bits per heavy atom. The van der Waals surface area contributed by atoms with Crippen molar-refractivity contribution < 1.29 is 8.42 Å². The van der Waals surface area contributed by atoms with Gasteiger partial charge in [-0.1, -0.05) is 13.8 Å². The highest BCUT2D eigenvalue weighted by Gasteiger charge is 2.29. The highest BCUT2D eigenvalue weighted by atomic mass is 32.2. The molecule has 0 spiro atoms. The minimum Gasteiger partial charge on any atom is -0.383 e. The van der Waals surface area contributed by atoms with Gasteiger partial charge < -0.3 is 5.73 Å². The van der Waals surface area contributed by atoms with E-state index in [0.29, 0.717) is 12.8 Å². The SMILES string of the molecule is CCC(C)(CC)NS(=O)(=O)c1cn[nH]c1N. The molecule has 0 aliphatic heterocycles. The minimum atomic E-state index is -3.60. The van der Waals surface area contributed by atoms with E-state index in [9.17, 15) is 8.42 Å². The molecule has 0 amide bonds. The molecule has 7 heteroatoms. The highest BCUT2D eigenvalue weighted by molar-refractivity contribution is 7.89. The molecule has 0 aromatic carbocycles. The topological polar surface area (TPSA) is 101 Å². The molecule has 1 heterocycles. The Morgan fingerprint density at radius 2 is 2.06 bits per heavy atom. The number of nitrogens with two attached hydrogens (primary N) is 1. The number of nitrogen functional groups attached to an aromatic ring is 1. The first-order chi connectivity index (χ1) is 7.34. The lowest BCUT2D eigenvalue weighted by atomic mass is 9.98. The number of hydrogen-bond donors (Lipinski definition) is 3. The lowest BCUT2D eigenvalue weighted by Gasteiger charge is -2.27. The average Bonchev–Trinajstić information content (AvgIpc) is 2.64. The normalized spacial score (nSPS) is 12.9. The van der Waals surface area contributed by atoms with Crippen molar-refractivity contribution in [3.8, 4) is 0 Å². The van der Waals surface area contributed by atoms with Gasteiger partial charge in [0.15, 0.2) is 0 Å². The van der Waals surface area contributed by atoms with Crippen LogP contribution in [0.3, 0.4) is 0 Å². The maximum atomic E-state index is 12.0. The van der Waals surface area contributed by atoms with Gasteiger partial charge in [0.2, 0.25) is 10.0 Å². The summed E-state index contributed by atoms with van der Waals surface area (Å²) in [7, 11) is -3.60. The molecule has 6 nitrogen and oxygen atoms in total. The predicted molar refractivity (Wildman–Crippen MR) is 62.3 cm³/mol. The Labute approximate surface area is 95.7 Å². The molecular weight excluding hydrogens is 228 g/mol. The molecule has 0 radical (unpaired) electrons. The van der Waals surface area contributed by atoms with Crippen LogP contribution in [0.5, 0.6) is 0 Å². The molecule has 0 saturated carbocycles. The van der Waals surface area contributed by atoms with Crippen LogP contribution < -0.4 is 10.5 Å². The van der Waals surface area contributed by atoms with Gasteiger partial charge in [-0.15, -0.1) is 0 Å². The van der Waals surface area contributed by atoms with Crippen LogP contribution >= 0.6 is 0 Å². The molecule has 0 fully saturated rings. The van der Waals surface area contributed by atoms with Crippen molar-refractivity contribution >= 4 is 15.8 Å². The second kappa shape index (κ2) is 4.42. The van der Waals surface area contributed by atoms with Gasteiger partial charge in [0.05, 0.1) is 6.20 Å². The van der Waals surface area contributed by atoms with Gasteiger partial charge in [-0.2, -0.15) is 5.10 Å². The minimum absolute atomic E-state index is 0.000579. The summed E-state index contributed by atoms with van der Waals surface area (Å²) in [5, 5.41) is 6.01. The summed E-state index contributed by atoms with van der Waals surface area (Å²) in [5.41, 5.74) is 5.04. The average molecular weight is 246 g/mol. The van der Waals surface area contributed by atoms with Crippen LogP contribution in [0.4, 0.5) is 5.82 Å². The quantitative estimate of drug-likeness (QED) is 0.716. The Kier molecular flexibility index (Phi) is 3.59. The third kappa shape index (κ3) is 2.53. The van der Waals surface area contributed by atoms with Crippen LogP contribution in [0.2, 0.25) is 0 Å². The smallest absolute Gasteiger partial charge is 0.246 e. The van der Waals surface area contributed by atoms with E-state index >= 15 is 0 Å². The van der Waals surface area contributed by atoms with Gasteiger partial charge in [0.25, 0.3) is 0 Å². The van der Waals surface area contributed by atoms with E-state index < -0.39 is 15.6 Å². The van der Waals surface area contributed by atoms with Gasteiger partial charge in [-0.3, -0.25) is 5.10 Å². The lowest BCUT2D eigenvalue weighted by Crippen LogP contribution is -2.44. The van der Waals surface area contributed by atoms with Crippen LogP contribution in [0.1, 0.15) is 33.6 Å². The molecular formula is C9H18N4O2S. The molecule has 0 bridgehead atoms. The van der Waals surface area contributed by atoms with E-state index in [1.54, 1.807) is 0 Å². The van der Waals surface area contributed by atoms with Crippen molar-refractivity contribution in [2.24, 2.45) is 0 Å². The Hall–Kier alpha value is -1.08. The Bertz CT molecular complexity index is 448. The molecule has 0 aliphatic rings. The summed E-state index contributed by atoms with van der Waals surface area (Å²) in [4.78, 5) is 0.000579. The van der Waals surface area contributed by atoms with E-state index in [4.69, 9.17) is 5.73 Å². The highest BCUT2D eigenvalue weighted by Crippen LogP contribution is 2.20. The second-order valence-corrected chi connectivity index (χ2v) is 5.67. The first-order valence-corrected chi connectivity index (χ1v) is 6.66. The van der Waals surface area contributed by atoms with E-state index in [1.165, 1.54) is 6.20 Å². The van der Waals surface area contributed by atoms with E-state index in [1.807, 2.05) is 20.8 Å². The molecule has 1 aromatic heterocycles. The summed E-state index contributed by atoms with van der Waals surface area (Å²) < 4.78 is 26.6. The first-order valence-electron chi connectivity index (χ1n) is 5.17. The summed E-state index contributed by atoms with van der Waals surface area (Å²) in [6.07, 6.45) is 2.63. The summed E-state index contributed by atoms with van der Waals surface area (Å²) in [6.45, 7) is 5.73. The number of sulfonamides is 1. The zero-order valence-electron chi connectivity index (χ0n) is 9.74. The van der Waals surface area contributed by atoms with Crippen molar-refractivity contribution in [2.75, 3.05) is 5.73 Å². The molecule has 0 unspecified atom stereocenters. The fourth-order valence-electron chi connectivity index (χ4n) is 1.27. The molecule has 0 aliphatic carbocycles. The Balaban J connectivity index is 3.02. The predicted octanol–water partition coefficient (Wildman–Crippen LogP) is 0.849. The molecule has 92 valence electrons. The van der Waals surface area contributed by atoms with Crippen molar-refractivity contribution in [1.29, 1.82) is 0 Å². The molecule has 16 heavy (non-hydrogen) atoms. The molecule has 1 rings (SSSR count). The van der Waals surface area contributed by atoms with Crippen molar-refractivity contribution in [3.05, 3.63) is 6.20 Å². The number of rotatable bonds is 5. The lowest BCUT2D eigenvalue weighted by molar-refractivity contribution is 0.389. The number of aromatic nitrogens is 2. The summed E-state index contributed by atoms with van der Waals surface area (Å²) in [5.74, 6) is 0.0575. The van der Waals surface area contributed by atoms with Gasteiger partial charge in [-0.05, 0) is 19.8 Å². The maximum absolute atomic E-state index is 12.0. The molecule has 4 N–H and O–H groups in total. The van der Waals surface area contributed by atoms with Gasteiger partial charge in [0.1, 0.15) is 10.7 Å². The fourth-order valence-corrected chi connectivity index (χ4v) is 2.85. The summed E-state index contributed by atoms with van der Waals surface area (Å²) in [6, 6.07) is 0. The van der Waals surface area contributed by atoms with Crippen LogP contribution in [0, 0.1) is 0 Å². The van der Waals surface area contributed by atoms with E-state index in [0.717, 1.165) is 0 Å². The van der Waals surface area contributed by atoms with Crippen molar-refractivity contribution in [1.82, 2.24) is 14.9 Å². The number of nitrogens with zero attached hydrogens (tertiary/aromatic N) is 1. The number of aromatic amines is 1.